The van der Waals surface area contributed by atoms with Gasteiger partial charge in [-0.3, -0.25) is 0 Å². The molecule has 1 radical (unpaired) electrons. The molecule has 0 saturated carbocycles. The smallest absolute Gasteiger partial charge is 0.200 e. The molecular formula is C6Br13O. The van der Waals surface area contributed by atoms with Crippen LogP contribution in [0.4, 0.5) is 0 Å². The van der Waals surface area contributed by atoms with Crippen LogP contribution in [-0.2, 0) is 5.11 Å². The zero-order valence-electron chi connectivity index (χ0n) is 8.32. The van der Waals surface area contributed by atoms with Crippen molar-refractivity contribution in [2.24, 2.45) is 0 Å². The molecule has 0 saturated heterocycles. The van der Waals surface area contributed by atoms with E-state index >= 15 is 0 Å². The molecule has 20 heavy (non-hydrogen) atoms. The van der Waals surface area contributed by atoms with Gasteiger partial charge >= 0.3 is 0 Å². The molecule has 0 aromatic heterocycles. The molecule has 0 N–H and O–H groups in total. The minimum absolute atomic E-state index is 0.876. The van der Waals surface area contributed by atoms with E-state index in [-0.39, 0.29) is 0 Å². The molecule has 121 valence electrons. The predicted molar refractivity (Wildman–Crippen MR) is 133 cm³/mol. The fourth-order valence-corrected chi connectivity index (χ4v) is 14.9. The minimum Gasteiger partial charge on any atom is -0.220 e. The van der Waals surface area contributed by atoms with Crippen LogP contribution in [0, 0.1) is 0 Å². The second kappa shape index (κ2) is 8.29. The first-order chi connectivity index (χ1) is 8.25. The Morgan fingerprint density at radius 2 is 0.650 bits per heavy atom. The minimum atomic E-state index is -1.89. The van der Waals surface area contributed by atoms with Crippen molar-refractivity contribution in [2.75, 3.05) is 0 Å². The van der Waals surface area contributed by atoms with Crippen LogP contribution in [0.2, 0.25) is 0 Å². The van der Waals surface area contributed by atoms with Crippen LogP contribution in [-0.4, -0.2) is 18.5 Å². The molecular weight excluding hydrogens is 1130 g/mol. The molecule has 0 unspecified atom stereocenters. The van der Waals surface area contributed by atoms with E-state index in [4.69, 9.17) is 0 Å². The third kappa shape index (κ3) is 4.97. The largest absolute Gasteiger partial charge is 0.220 e. The Morgan fingerprint density at radius 3 is 0.800 bits per heavy atom. The average Bonchev–Trinajstić information content (AvgIpc) is 2.10. The number of alkyl halides is 13. The molecule has 0 rings (SSSR count). The Kier molecular flexibility index (Phi) is 10.9. The lowest BCUT2D eigenvalue weighted by Crippen LogP contribution is -2.69. The molecule has 0 aliphatic carbocycles. The Morgan fingerprint density at radius 1 is 0.400 bits per heavy atom. The van der Waals surface area contributed by atoms with Crippen molar-refractivity contribution in [3.05, 3.63) is 0 Å². The Balaban J connectivity index is 6.38. The van der Waals surface area contributed by atoms with E-state index in [1.165, 1.54) is 0 Å². The van der Waals surface area contributed by atoms with Crippen LogP contribution < -0.4 is 0 Å². The maximum absolute atomic E-state index is 13.8. The van der Waals surface area contributed by atoms with Gasteiger partial charge in [0.1, 0.15) is 6.47 Å². The van der Waals surface area contributed by atoms with Crippen molar-refractivity contribution >= 4 is 207 Å². The summed E-state index contributed by atoms with van der Waals surface area (Å²) in [6.45, 7) is 0. The normalized spacial score (nSPS) is 16.5. The SMILES string of the molecule is [O]C(C(Br)(Br)Br)(C(Br)(Br)Br)C(Br)(Br)C(Br)(Br)C(Br)(Br)Br. The van der Waals surface area contributed by atoms with Crippen molar-refractivity contribution in [3.63, 3.8) is 0 Å². The van der Waals surface area contributed by atoms with Crippen LogP contribution in [0.1, 0.15) is 0 Å². The highest BCUT2D eigenvalue weighted by Crippen LogP contribution is 2.73. The fourth-order valence-electron chi connectivity index (χ4n) is 0.916. The van der Waals surface area contributed by atoms with Gasteiger partial charge in [-0.2, -0.15) is 0 Å². The molecule has 0 aromatic rings. The molecule has 0 aliphatic heterocycles. The van der Waals surface area contributed by atoms with E-state index in [0.29, 0.717) is 0 Å². The van der Waals surface area contributed by atoms with E-state index in [9.17, 15) is 5.11 Å². The van der Waals surface area contributed by atoms with E-state index in [0.717, 1.165) is 0 Å². The van der Waals surface area contributed by atoms with Crippen LogP contribution in [0.25, 0.3) is 0 Å². The summed E-state index contributed by atoms with van der Waals surface area (Å²) in [7, 11) is 0. The number of rotatable bonds is 2. The highest BCUT2D eigenvalue weighted by molar-refractivity contribution is 9.42. The van der Waals surface area contributed by atoms with Crippen molar-refractivity contribution in [3.8, 4) is 0 Å². The van der Waals surface area contributed by atoms with Gasteiger partial charge in [0.05, 0.1) is 0 Å². The third-order valence-electron chi connectivity index (χ3n) is 1.99. The van der Waals surface area contributed by atoms with Gasteiger partial charge in [-0.05, 0) is 0 Å². The first-order valence-electron chi connectivity index (χ1n) is 3.91. The molecule has 14 heteroatoms. The van der Waals surface area contributed by atoms with Gasteiger partial charge in [-0.25, -0.2) is 5.11 Å². The van der Waals surface area contributed by atoms with Gasteiger partial charge in [0.15, 0.2) is 6.43 Å². The van der Waals surface area contributed by atoms with Gasteiger partial charge in [0.25, 0.3) is 0 Å². The summed E-state index contributed by atoms with van der Waals surface area (Å²) in [5.41, 5.74) is -1.89. The van der Waals surface area contributed by atoms with E-state index in [1.54, 1.807) is 0 Å². The van der Waals surface area contributed by atoms with Gasteiger partial charge in [0, 0.05) is 0 Å². The summed E-state index contributed by atoms with van der Waals surface area (Å²) in [5.74, 6) is 0. The van der Waals surface area contributed by atoms with Crippen molar-refractivity contribution < 1.29 is 5.11 Å². The maximum atomic E-state index is 13.8. The van der Waals surface area contributed by atoms with Crippen molar-refractivity contribution in [1.82, 2.24) is 0 Å². The zero-order valence-corrected chi connectivity index (χ0v) is 28.9. The molecule has 0 amide bonds. The molecule has 0 fully saturated rings. The van der Waals surface area contributed by atoms with Gasteiger partial charge < -0.3 is 0 Å². The zero-order chi connectivity index (χ0) is 17.0. The number of halogens is 13. The second-order valence-electron chi connectivity index (χ2n) is 3.32. The van der Waals surface area contributed by atoms with Crippen LogP contribution in [0.3, 0.4) is 0 Å². The predicted octanol–water partition coefficient (Wildman–Crippen LogP) is 9.64. The van der Waals surface area contributed by atoms with Crippen molar-refractivity contribution in [1.29, 1.82) is 0 Å². The van der Waals surface area contributed by atoms with Crippen LogP contribution in [0.5, 0.6) is 0 Å². The molecule has 0 aromatic carbocycles. The standard InChI is InChI=1S/C6Br13O/c7-2(8,3(9,10)6(17,18)19)1(20,4(11,12)13)5(14,15)16. The van der Waals surface area contributed by atoms with Gasteiger partial charge in [0.2, 0.25) is 5.60 Å². The summed E-state index contributed by atoms with van der Waals surface area (Å²) in [6, 6.07) is 0. The summed E-state index contributed by atoms with van der Waals surface area (Å²) < 4.78 is -5.70. The molecule has 0 bridgehead atoms. The number of hydrogen-bond donors (Lipinski definition) is 0. The second-order valence-corrected chi connectivity index (χ2v) is 30.5. The molecule has 1 nitrogen and oxygen atoms in total. The maximum Gasteiger partial charge on any atom is 0.200 e. The highest BCUT2D eigenvalue weighted by Gasteiger charge is 2.77. The lowest BCUT2D eigenvalue weighted by atomic mass is 10.0. The fraction of sp³-hybridized carbons (Fsp3) is 1.00. The lowest BCUT2D eigenvalue weighted by Gasteiger charge is -2.53. The van der Waals surface area contributed by atoms with Crippen LogP contribution >= 0.6 is 207 Å². The van der Waals surface area contributed by atoms with Crippen LogP contribution in [0.15, 0.2) is 0 Å². The van der Waals surface area contributed by atoms with E-state index < -0.39 is 18.5 Å². The van der Waals surface area contributed by atoms with Gasteiger partial charge in [-0.15, -0.1) is 0 Å². The topological polar surface area (TPSA) is 19.9 Å². The average molecular weight is 1130 g/mol. The van der Waals surface area contributed by atoms with Crippen molar-refractivity contribution in [2.45, 2.75) is 18.5 Å². The summed E-state index contributed by atoms with van der Waals surface area (Å²) in [6.07, 6.45) is 0. The first-order valence-corrected chi connectivity index (χ1v) is 14.2. The molecule has 0 atom stereocenters. The third-order valence-corrected chi connectivity index (χ3v) is 17.1. The van der Waals surface area contributed by atoms with E-state index in [2.05, 4.69) is 207 Å². The highest BCUT2D eigenvalue weighted by atomic mass is 80.0. The lowest BCUT2D eigenvalue weighted by molar-refractivity contribution is -0.0133. The first kappa shape index (κ1) is 26.2. The monoisotopic (exact) mass is 1110 g/mol. The molecule has 0 heterocycles. The Labute approximate surface area is 226 Å². The molecule has 0 spiro atoms. The number of hydrogen-bond acceptors (Lipinski definition) is 0. The molecule has 0 aliphatic rings. The quantitative estimate of drug-likeness (QED) is 0.246. The van der Waals surface area contributed by atoms with Gasteiger partial charge in [-0.1, -0.05) is 207 Å². The summed E-state index contributed by atoms with van der Waals surface area (Å²) in [4.78, 5) is 0. The Hall–Kier alpha value is 6.20. The van der Waals surface area contributed by atoms with E-state index in [1.807, 2.05) is 0 Å². The summed E-state index contributed by atoms with van der Waals surface area (Å²) in [5, 5.41) is 13.8. The Bertz CT molecular complexity index is 343. The summed E-state index contributed by atoms with van der Waals surface area (Å²) >= 11 is 44.1.